The molecule has 0 spiro atoms. The van der Waals surface area contributed by atoms with Crippen molar-refractivity contribution in [3.05, 3.63) is 0 Å². The van der Waals surface area contributed by atoms with Gasteiger partial charge < -0.3 is 5.73 Å². The van der Waals surface area contributed by atoms with Crippen molar-refractivity contribution in [2.24, 2.45) is 23.5 Å². The van der Waals surface area contributed by atoms with Crippen LogP contribution in [-0.2, 0) is 0 Å². The third kappa shape index (κ3) is 2.31. The molecule has 0 amide bonds. The standard InChI is InChI=1S/C13H25N/c1-2-13(14)5-3-4-11-8-10-6-7-12(11)9-10/h10-13H,2-9,14H2,1H3. The van der Waals surface area contributed by atoms with E-state index in [1.54, 1.807) is 12.8 Å². The lowest BCUT2D eigenvalue weighted by atomic mass is 9.85. The highest BCUT2D eigenvalue weighted by molar-refractivity contribution is 4.89. The molecule has 0 heterocycles. The molecular formula is C13H25N. The molecule has 0 aromatic carbocycles. The molecule has 0 saturated heterocycles. The first-order valence-corrected chi connectivity index (χ1v) is 6.55. The van der Waals surface area contributed by atoms with Gasteiger partial charge in [-0.3, -0.25) is 0 Å². The molecule has 2 fully saturated rings. The van der Waals surface area contributed by atoms with Crippen LogP contribution in [0.3, 0.4) is 0 Å². The molecule has 0 aromatic rings. The summed E-state index contributed by atoms with van der Waals surface area (Å²) < 4.78 is 0. The van der Waals surface area contributed by atoms with Gasteiger partial charge in [-0.2, -0.15) is 0 Å². The Hall–Kier alpha value is -0.0400. The fourth-order valence-electron chi connectivity index (χ4n) is 3.58. The first kappa shape index (κ1) is 10.5. The first-order chi connectivity index (χ1) is 6.79. The van der Waals surface area contributed by atoms with E-state index in [4.69, 9.17) is 5.73 Å². The normalized spacial score (nSPS) is 37.7. The predicted octanol–water partition coefficient (Wildman–Crippen LogP) is 3.33. The average Bonchev–Trinajstić information content (AvgIpc) is 2.79. The maximum Gasteiger partial charge on any atom is 0.00362 e. The summed E-state index contributed by atoms with van der Waals surface area (Å²) in [6.07, 6.45) is 11.4. The molecule has 1 nitrogen and oxygen atoms in total. The van der Waals surface area contributed by atoms with Crippen molar-refractivity contribution in [3.8, 4) is 0 Å². The molecule has 0 radical (unpaired) electrons. The number of hydrogen-bond acceptors (Lipinski definition) is 1. The Labute approximate surface area is 88.4 Å². The summed E-state index contributed by atoms with van der Waals surface area (Å²) >= 11 is 0. The van der Waals surface area contributed by atoms with Gasteiger partial charge in [0, 0.05) is 6.04 Å². The van der Waals surface area contributed by atoms with Crippen LogP contribution in [0, 0.1) is 17.8 Å². The minimum absolute atomic E-state index is 0.466. The van der Waals surface area contributed by atoms with Crippen LogP contribution in [0.1, 0.15) is 58.3 Å². The highest BCUT2D eigenvalue weighted by Gasteiger charge is 2.38. The summed E-state index contributed by atoms with van der Waals surface area (Å²) in [4.78, 5) is 0. The van der Waals surface area contributed by atoms with Gasteiger partial charge in [0.15, 0.2) is 0 Å². The molecular weight excluding hydrogens is 170 g/mol. The number of fused-ring (bicyclic) bond motifs is 2. The van der Waals surface area contributed by atoms with E-state index in [-0.39, 0.29) is 0 Å². The molecule has 0 aromatic heterocycles. The molecule has 0 aliphatic heterocycles. The summed E-state index contributed by atoms with van der Waals surface area (Å²) in [7, 11) is 0. The van der Waals surface area contributed by atoms with E-state index in [1.807, 2.05) is 0 Å². The van der Waals surface area contributed by atoms with Gasteiger partial charge in [-0.1, -0.05) is 26.2 Å². The fourth-order valence-corrected chi connectivity index (χ4v) is 3.58. The zero-order valence-corrected chi connectivity index (χ0v) is 9.54. The maximum atomic E-state index is 5.93. The van der Waals surface area contributed by atoms with Gasteiger partial charge in [0.05, 0.1) is 0 Å². The van der Waals surface area contributed by atoms with E-state index < -0.39 is 0 Å². The molecule has 2 aliphatic carbocycles. The number of rotatable bonds is 5. The van der Waals surface area contributed by atoms with Crippen LogP contribution in [0.4, 0.5) is 0 Å². The Bertz CT molecular complexity index is 178. The lowest BCUT2D eigenvalue weighted by molar-refractivity contribution is 0.302. The van der Waals surface area contributed by atoms with Gasteiger partial charge in [0.2, 0.25) is 0 Å². The zero-order valence-electron chi connectivity index (χ0n) is 9.54. The molecule has 2 aliphatic rings. The maximum absolute atomic E-state index is 5.93. The van der Waals surface area contributed by atoms with Gasteiger partial charge >= 0.3 is 0 Å². The van der Waals surface area contributed by atoms with Crippen LogP contribution >= 0.6 is 0 Å². The summed E-state index contributed by atoms with van der Waals surface area (Å²) in [5, 5.41) is 0. The zero-order chi connectivity index (χ0) is 9.97. The van der Waals surface area contributed by atoms with Crippen LogP contribution in [0.2, 0.25) is 0 Å². The van der Waals surface area contributed by atoms with Crippen LogP contribution in [0.15, 0.2) is 0 Å². The Morgan fingerprint density at radius 3 is 2.71 bits per heavy atom. The second-order valence-corrected chi connectivity index (χ2v) is 5.53. The molecule has 2 N–H and O–H groups in total. The topological polar surface area (TPSA) is 26.0 Å². The molecule has 2 saturated carbocycles. The van der Waals surface area contributed by atoms with E-state index in [1.165, 1.54) is 32.1 Å². The van der Waals surface area contributed by atoms with Gasteiger partial charge in [0.25, 0.3) is 0 Å². The monoisotopic (exact) mass is 195 g/mol. The molecule has 82 valence electrons. The van der Waals surface area contributed by atoms with Crippen molar-refractivity contribution in [3.63, 3.8) is 0 Å². The van der Waals surface area contributed by atoms with Crippen molar-refractivity contribution in [1.29, 1.82) is 0 Å². The number of hydrogen-bond donors (Lipinski definition) is 1. The van der Waals surface area contributed by atoms with Crippen LogP contribution < -0.4 is 5.73 Å². The Morgan fingerprint density at radius 1 is 1.29 bits per heavy atom. The van der Waals surface area contributed by atoms with Crippen molar-refractivity contribution in [1.82, 2.24) is 0 Å². The van der Waals surface area contributed by atoms with E-state index in [2.05, 4.69) is 6.92 Å². The molecule has 14 heavy (non-hydrogen) atoms. The second kappa shape index (κ2) is 4.65. The van der Waals surface area contributed by atoms with Crippen molar-refractivity contribution in [2.75, 3.05) is 0 Å². The van der Waals surface area contributed by atoms with Crippen LogP contribution in [-0.4, -0.2) is 6.04 Å². The van der Waals surface area contributed by atoms with E-state index in [0.717, 1.165) is 24.2 Å². The van der Waals surface area contributed by atoms with Crippen molar-refractivity contribution >= 4 is 0 Å². The van der Waals surface area contributed by atoms with E-state index in [9.17, 15) is 0 Å². The second-order valence-electron chi connectivity index (χ2n) is 5.53. The van der Waals surface area contributed by atoms with E-state index in [0.29, 0.717) is 6.04 Å². The van der Waals surface area contributed by atoms with Crippen molar-refractivity contribution in [2.45, 2.75) is 64.3 Å². The van der Waals surface area contributed by atoms with Gasteiger partial charge in [-0.15, -0.1) is 0 Å². The van der Waals surface area contributed by atoms with Gasteiger partial charge in [0.1, 0.15) is 0 Å². The van der Waals surface area contributed by atoms with Gasteiger partial charge in [-0.25, -0.2) is 0 Å². The Kier molecular flexibility index (Phi) is 3.48. The lowest BCUT2D eigenvalue weighted by Crippen LogP contribution is -2.19. The largest absolute Gasteiger partial charge is 0.328 e. The SMILES string of the molecule is CCC(N)CCCC1CC2CCC1C2. The molecule has 2 rings (SSSR count). The summed E-state index contributed by atoms with van der Waals surface area (Å²) in [6, 6.07) is 0.466. The summed E-state index contributed by atoms with van der Waals surface area (Å²) in [5.41, 5.74) is 5.93. The molecule has 1 heteroatoms. The van der Waals surface area contributed by atoms with Gasteiger partial charge in [-0.05, 0) is 49.9 Å². The fraction of sp³-hybridized carbons (Fsp3) is 1.00. The summed E-state index contributed by atoms with van der Waals surface area (Å²) in [5.74, 6) is 3.31. The Balaban J connectivity index is 1.62. The highest BCUT2D eigenvalue weighted by atomic mass is 14.6. The number of nitrogens with two attached hydrogens (primary N) is 1. The molecule has 4 atom stereocenters. The first-order valence-electron chi connectivity index (χ1n) is 6.55. The average molecular weight is 195 g/mol. The van der Waals surface area contributed by atoms with Crippen molar-refractivity contribution < 1.29 is 0 Å². The third-order valence-electron chi connectivity index (χ3n) is 4.56. The van der Waals surface area contributed by atoms with Crippen LogP contribution in [0.5, 0.6) is 0 Å². The lowest BCUT2D eigenvalue weighted by Gasteiger charge is -2.21. The third-order valence-corrected chi connectivity index (χ3v) is 4.56. The highest BCUT2D eigenvalue weighted by Crippen LogP contribution is 2.49. The summed E-state index contributed by atoms with van der Waals surface area (Å²) in [6.45, 7) is 2.20. The minimum atomic E-state index is 0.466. The molecule has 4 unspecified atom stereocenters. The van der Waals surface area contributed by atoms with Crippen LogP contribution in [0.25, 0.3) is 0 Å². The quantitative estimate of drug-likeness (QED) is 0.715. The Morgan fingerprint density at radius 2 is 2.14 bits per heavy atom. The predicted molar refractivity (Wildman–Crippen MR) is 61.1 cm³/mol. The molecule has 2 bridgehead atoms. The minimum Gasteiger partial charge on any atom is -0.328 e. The van der Waals surface area contributed by atoms with E-state index >= 15 is 0 Å². The smallest absolute Gasteiger partial charge is 0.00362 e.